The summed E-state index contributed by atoms with van der Waals surface area (Å²) < 4.78 is 4.70. The van der Waals surface area contributed by atoms with E-state index >= 15 is 0 Å². The summed E-state index contributed by atoms with van der Waals surface area (Å²) in [5, 5.41) is 13.2. The zero-order valence-electron chi connectivity index (χ0n) is 22.8. The molecule has 0 aliphatic rings. The highest BCUT2D eigenvalue weighted by molar-refractivity contribution is 6.27. The number of unbranched alkanes of at least 4 members (excludes halogenated alkanes) is 1. The lowest BCUT2D eigenvalue weighted by Crippen LogP contribution is -2.54. The van der Waals surface area contributed by atoms with E-state index in [0.29, 0.717) is 38.0 Å². The molecule has 1 aromatic carbocycles. The minimum atomic E-state index is -0.969. The number of halogens is 1. The van der Waals surface area contributed by atoms with Crippen molar-refractivity contribution >= 4 is 53.4 Å². The smallest absolute Gasteiger partial charge is 0.312 e. The highest BCUT2D eigenvalue weighted by Crippen LogP contribution is 2.12. The van der Waals surface area contributed by atoms with Crippen molar-refractivity contribution in [1.29, 1.82) is 0 Å². The molecule has 0 aromatic heterocycles. The second-order valence-corrected chi connectivity index (χ2v) is 9.58. The van der Waals surface area contributed by atoms with Crippen LogP contribution in [0, 0.1) is 5.92 Å². The molecule has 14 heteroatoms. The first kappa shape index (κ1) is 34.2. The van der Waals surface area contributed by atoms with Gasteiger partial charge in [-0.3, -0.25) is 24.0 Å². The molecule has 1 aromatic rings. The van der Waals surface area contributed by atoms with E-state index in [0.717, 1.165) is 5.56 Å². The van der Waals surface area contributed by atoms with Crippen molar-refractivity contribution in [2.75, 3.05) is 24.3 Å². The molecule has 0 fully saturated rings. The minimum absolute atomic E-state index is 0.0934. The number of anilines is 1. The Hall–Kier alpha value is -3.87. The summed E-state index contributed by atoms with van der Waals surface area (Å²) in [6.07, 6.45) is 1.77. The Morgan fingerprint density at radius 2 is 1.60 bits per heavy atom. The Bertz CT molecular complexity index is 990. The third kappa shape index (κ3) is 14.3. The number of urea groups is 1. The van der Waals surface area contributed by atoms with Crippen molar-refractivity contribution in [3.8, 4) is 0 Å². The highest BCUT2D eigenvalue weighted by Gasteiger charge is 2.28. The van der Waals surface area contributed by atoms with Gasteiger partial charge in [-0.25, -0.2) is 4.79 Å². The molecule has 0 bridgehead atoms. The van der Waals surface area contributed by atoms with Crippen molar-refractivity contribution in [3.05, 3.63) is 29.8 Å². The second kappa shape index (κ2) is 19.2. The van der Waals surface area contributed by atoms with E-state index in [2.05, 4.69) is 26.6 Å². The molecular weight excluding hydrogens is 544 g/mol. The molecule has 0 radical (unpaired) electrons. The fraction of sp³-hybridized carbons (Fsp3) is 0.538. The lowest BCUT2D eigenvalue weighted by Gasteiger charge is -2.25. The number of alkyl halides is 1. The summed E-state index contributed by atoms with van der Waals surface area (Å²) in [6, 6.07) is 4.07. The Labute approximate surface area is 238 Å². The molecule has 6 amide bonds. The van der Waals surface area contributed by atoms with Gasteiger partial charge in [-0.05, 0) is 49.3 Å². The lowest BCUT2D eigenvalue weighted by molar-refractivity contribution is -0.132. The molecule has 0 spiro atoms. The third-order valence-electron chi connectivity index (χ3n) is 5.68. The van der Waals surface area contributed by atoms with Gasteiger partial charge in [0.2, 0.25) is 23.6 Å². The van der Waals surface area contributed by atoms with Crippen molar-refractivity contribution in [1.82, 2.24) is 21.3 Å². The van der Waals surface area contributed by atoms with E-state index in [-0.39, 0.29) is 49.6 Å². The van der Waals surface area contributed by atoms with Gasteiger partial charge in [-0.2, -0.15) is 0 Å². The summed E-state index contributed by atoms with van der Waals surface area (Å²) in [7, 11) is 0. The van der Waals surface area contributed by atoms with Crippen LogP contribution in [0.2, 0.25) is 0 Å². The Morgan fingerprint density at radius 3 is 2.20 bits per heavy atom. The monoisotopic (exact) mass is 582 g/mol. The van der Waals surface area contributed by atoms with Gasteiger partial charge in [-0.15, -0.1) is 11.6 Å². The molecule has 2 atom stereocenters. The quantitative estimate of drug-likeness (QED) is 0.0790. The van der Waals surface area contributed by atoms with Gasteiger partial charge in [0.25, 0.3) is 6.47 Å². The van der Waals surface area contributed by atoms with Gasteiger partial charge in [0, 0.05) is 25.2 Å². The van der Waals surface area contributed by atoms with Gasteiger partial charge < -0.3 is 37.1 Å². The van der Waals surface area contributed by atoms with Crippen molar-refractivity contribution < 1.29 is 33.5 Å². The van der Waals surface area contributed by atoms with Crippen LogP contribution in [0.4, 0.5) is 10.5 Å². The number of hydrogen-bond acceptors (Lipinski definition) is 7. The predicted molar refractivity (Wildman–Crippen MR) is 149 cm³/mol. The largest absolute Gasteiger partial charge is 0.463 e. The maximum Gasteiger partial charge on any atom is 0.312 e. The van der Waals surface area contributed by atoms with E-state index in [4.69, 9.17) is 22.1 Å². The van der Waals surface area contributed by atoms with Crippen LogP contribution in [-0.2, 0) is 35.3 Å². The SMILES string of the molecule is CC(C)[C@@H](NC(=O)CCCCNC(=O)CCl)C(=O)N[C@H](CCCNC(N)=O)C(=O)Nc1ccc(COC=O)cc1. The fourth-order valence-corrected chi connectivity index (χ4v) is 3.65. The zero-order chi connectivity index (χ0) is 29.9. The number of primary amides is 1. The molecule has 7 N–H and O–H groups in total. The molecule has 222 valence electrons. The van der Waals surface area contributed by atoms with Crippen molar-refractivity contribution in [2.45, 2.75) is 64.6 Å². The minimum Gasteiger partial charge on any atom is -0.463 e. The molecule has 40 heavy (non-hydrogen) atoms. The zero-order valence-corrected chi connectivity index (χ0v) is 23.6. The number of nitrogens with two attached hydrogens (primary N) is 1. The number of ether oxygens (including phenoxy) is 1. The van der Waals surface area contributed by atoms with Crippen LogP contribution in [0.1, 0.15) is 51.5 Å². The number of benzene rings is 1. The number of hydrogen-bond donors (Lipinski definition) is 6. The lowest BCUT2D eigenvalue weighted by atomic mass is 10.0. The maximum absolute atomic E-state index is 13.2. The molecule has 0 saturated carbocycles. The van der Waals surface area contributed by atoms with Gasteiger partial charge in [0.15, 0.2) is 0 Å². The molecular formula is C26H39ClN6O7. The summed E-state index contributed by atoms with van der Waals surface area (Å²) in [6.45, 7) is 4.58. The first-order chi connectivity index (χ1) is 19.1. The van der Waals surface area contributed by atoms with Crippen molar-refractivity contribution in [2.24, 2.45) is 11.7 Å². The first-order valence-electron chi connectivity index (χ1n) is 13.0. The molecule has 1 rings (SSSR count). The predicted octanol–water partition coefficient (Wildman–Crippen LogP) is 0.898. The number of carbonyl (C=O) groups excluding carboxylic acids is 6. The van der Waals surface area contributed by atoms with Crippen LogP contribution in [0.25, 0.3) is 0 Å². The van der Waals surface area contributed by atoms with Crippen LogP contribution in [0.3, 0.4) is 0 Å². The van der Waals surface area contributed by atoms with E-state index in [9.17, 15) is 28.8 Å². The fourth-order valence-electron chi connectivity index (χ4n) is 3.56. The molecule has 0 aliphatic carbocycles. The summed E-state index contributed by atoms with van der Waals surface area (Å²) >= 11 is 5.42. The molecule has 0 saturated heterocycles. The van der Waals surface area contributed by atoms with Gasteiger partial charge >= 0.3 is 6.03 Å². The molecule has 0 heterocycles. The van der Waals surface area contributed by atoms with Crippen molar-refractivity contribution in [3.63, 3.8) is 0 Å². The summed E-state index contributed by atoms with van der Waals surface area (Å²) in [5.41, 5.74) is 6.28. The van der Waals surface area contributed by atoms with Crippen LogP contribution < -0.4 is 32.3 Å². The number of rotatable bonds is 19. The van der Waals surface area contributed by atoms with Gasteiger partial charge in [-0.1, -0.05) is 26.0 Å². The van der Waals surface area contributed by atoms with Gasteiger partial charge in [0.05, 0.1) is 0 Å². The topological polar surface area (TPSA) is 198 Å². The van der Waals surface area contributed by atoms with E-state index in [1.165, 1.54) is 0 Å². The van der Waals surface area contributed by atoms with E-state index < -0.39 is 29.9 Å². The normalized spacial score (nSPS) is 12.0. The molecule has 13 nitrogen and oxygen atoms in total. The Kier molecular flexibility index (Phi) is 16.4. The number of carbonyl (C=O) groups is 6. The summed E-state index contributed by atoms with van der Waals surface area (Å²) in [5.74, 6) is -2.03. The van der Waals surface area contributed by atoms with E-state index in [1.54, 1.807) is 38.1 Å². The average Bonchev–Trinajstić information content (AvgIpc) is 2.92. The van der Waals surface area contributed by atoms with Crippen LogP contribution in [-0.4, -0.2) is 67.2 Å². The standard InChI is InChI=1S/C26H39ClN6O7/c1-17(2)23(33-21(35)7-3-4-12-29-22(36)14-27)25(38)32-20(6-5-13-30-26(28)39)24(37)31-19-10-8-18(9-11-19)15-40-16-34/h8-11,16-17,20,23H,3-7,12-15H2,1-2H3,(H,29,36)(H,31,37)(H,32,38)(H,33,35)(H3,28,30,39)/t20-,23-/m1/s1. The van der Waals surface area contributed by atoms with Crippen LogP contribution in [0.5, 0.6) is 0 Å². The highest BCUT2D eigenvalue weighted by atomic mass is 35.5. The number of amides is 6. The Balaban J connectivity index is 2.80. The average molecular weight is 583 g/mol. The second-order valence-electron chi connectivity index (χ2n) is 9.32. The molecule has 0 unspecified atom stereocenters. The maximum atomic E-state index is 13.2. The third-order valence-corrected chi connectivity index (χ3v) is 5.92. The Morgan fingerprint density at radius 1 is 0.925 bits per heavy atom. The van der Waals surface area contributed by atoms with E-state index in [1.807, 2.05) is 0 Å². The van der Waals surface area contributed by atoms with Gasteiger partial charge in [0.1, 0.15) is 24.6 Å². The first-order valence-corrected chi connectivity index (χ1v) is 13.5. The number of nitrogens with one attached hydrogen (secondary N) is 5. The summed E-state index contributed by atoms with van der Waals surface area (Å²) in [4.78, 5) is 71.2. The van der Waals surface area contributed by atoms with Crippen LogP contribution >= 0.6 is 11.6 Å². The van der Waals surface area contributed by atoms with Crippen LogP contribution in [0.15, 0.2) is 24.3 Å². The molecule has 0 aliphatic heterocycles.